The van der Waals surface area contributed by atoms with Crippen LogP contribution in [-0.2, 0) is 0 Å². The summed E-state index contributed by atoms with van der Waals surface area (Å²) in [4.78, 5) is 0. The molecule has 0 nitrogen and oxygen atoms in total. The normalized spacial score (nSPS) is 70.5. The van der Waals surface area contributed by atoms with Crippen LogP contribution in [0.2, 0.25) is 0 Å². The van der Waals surface area contributed by atoms with Crippen molar-refractivity contribution < 1.29 is 0 Å². The van der Waals surface area contributed by atoms with Gasteiger partial charge in [0, 0.05) is 0 Å². The molecule has 14 heavy (non-hydrogen) atoms. The first kappa shape index (κ1) is 9.24. The molecule has 2 bridgehead atoms. The van der Waals surface area contributed by atoms with Gasteiger partial charge in [-0.15, -0.1) is 0 Å². The fraction of sp³-hybridized carbons (Fsp3) is 1.00. The molecule has 80 valence electrons. The Balaban J connectivity index is 2.08. The smallest absolute Gasteiger partial charge is 0.0258 e. The molecule has 0 radical (unpaired) electrons. The minimum absolute atomic E-state index is 0.667. The molecule has 3 saturated carbocycles. The van der Waals surface area contributed by atoms with Crippen LogP contribution in [0, 0.1) is 40.4 Å². The number of fused-ring (bicyclic) bond motifs is 1. The van der Waals surface area contributed by atoms with Crippen molar-refractivity contribution in [2.75, 3.05) is 0 Å². The van der Waals surface area contributed by atoms with Crippen molar-refractivity contribution in [2.45, 2.75) is 47.5 Å². The van der Waals surface area contributed by atoms with Crippen LogP contribution in [0.25, 0.3) is 0 Å². The third-order valence-electron chi connectivity index (χ3n) is 7.00. The molecule has 0 amide bonds. The first-order valence-electron chi connectivity index (χ1n) is 6.41. The lowest BCUT2D eigenvalue weighted by molar-refractivity contribution is -0.115. The van der Waals surface area contributed by atoms with Crippen molar-refractivity contribution in [1.82, 2.24) is 0 Å². The van der Waals surface area contributed by atoms with Gasteiger partial charge in [0.05, 0.1) is 0 Å². The first-order valence-corrected chi connectivity index (χ1v) is 6.41. The van der Waals surface area contributed by atoms with Gasteiger partial charge in [0.15, 0.2) is 0 Å². The average Bonchev–Trinajstić information content (AvgIpc) is 2.18. The summed E-state index contributed by atoms with van der Waals surface area (Å²) in [6.45, 7) is 12.7. The lowest BCUT2D eigenvalue weighted by atomic mass is 9.45. The van der Waals surface area contributed by atoms with Crippen LogP contribution in [0.4, 0.5) is 0 Å². The minimum atomic E-state index is 0.667. The molecule has 0 aliphatic heterocycles. The summed E-state index contributed by atoms with van der Waals surface area (Å²) in [5.74, 6) is 5.09. The Morgan fingerprint density at radius 2 is 1.57 bits per heavy atom. The van der Waals surface area contributed by atoms with Crippen molar-refractivity contribution in [2.24, 2.45) is 40.4 Å². The van der Waals surface area contributed by atoms with Crippen LogP contribution >= 0.6 is 0 Å². The van der Waals surface area contributed by atoms with E-state index in [9.17, 15) is 0 Å². The fourth-order valence-electron chi connectivity index (χ4n) is 5.74. The van der Waals surface area contributed by atoms with Gasteiger partial charge in [-0.05, 0) is 53.3 Å². The summed E-state index contributed by atoms with van der Waals surface area (Å²) in [6, 6.07) is 0. The highest BCUT2D eigenvalue weighted by molar-refractivity contribution is 5.19. The van der Waals surface area contributed by atoms with Crippen LogP contribution in [0.1, 0.15) is 47.5 Å². The van der Waals surface area contributed by atoms with Gasteiger partial charge in [-0.3, -0.25) is 0 Å². The highest BCUT2D eigenvalue weighted by Crippen LogP contribution is 2.77. The largest absolute Gasteiger partial charge is 0.0620 e. The molecular formula is C14H24. The van der Waals surface area contributed by atoms with Crippen molar-refractivity contribution in [3.8, 4) is 0 Å². The molecule has 0 spiro atoms. The highest BCUT2D eigenvalue weighted by Gasteiger charge is 2.71. The van der Waals surface area contributed by atoms with E-state index in [1.807, 2.05) is 0 Å². The van der Waals surface area contributed by atoms with Gasteiger partial charge < -0.3 is 0 Å². The van der Waals surface area contributed by atoms with Crippen molar-refractivity contribution in [1.29, 1.82) is 0 Å². The molecule has 3 aliphatic rings. The first-order chi connectivity index (χ1) is 6.41. The molecule has 0 heteroatoms. The molecule has 0 N–H and O–H groups in total. The molecule has 3 aliphatic carbocycles. The fourth-order valence-corrected chi connectivity index (χ4v) is 5.74. The van der Waals surface area contributed by atoms with Gasteiger partial charge in [-0.25, -0.2) is 0 Å². The standard InChI is InChI=1S/C14H24/c1-8-6-11-9(2)14(5)7-13(8,4)10(3)12(11)14/h8-12H,6-7H2,1-5H3. The lowest BCUT2D eigenvalue weighted by Gasteiger charge is -2.59. The second-order valence-corrected chi connectivity index (χ2v) is 7.09. The van der Waals surface area contributed by atoms with Crippen LogP contribution < -0.4 is 0 Å². The second-order valence-electron chi connectivity index (χ2n) is 7.09. The average molecular weight is 192 g/mol. The number of hydrogen-bond donors (Lipinski definition) is 0. The van der Waals surface area contributed by atoms with E-state index in [0.717, 1.165) is 29.6 Å². The lowest BCUT2D eigenvalue weighted by Crippen LogP contribution is -2.54. The maximum atomic E-state index is 2.57. The summed E-state index contributed by atoms with van der Waals surface area (Å²) < 4.78 is 0. The molecule has 0 heterocycles. The number of rotatable bonds is 0. The molecule has 0 aromatic heterocycles. The highest BCUT2D eigenvalue weighted by atomic mass is 14.8. The minimum Gasteiger partial charge on any atom is -0.0620 e. The summed E-state index contributed by atoms with van der Waals surface area (Å²) in [5, 5.41) is 0. The molecule has 0 saturated heterocycles. The summed E-state index contributed by atoms with van der Waals surface area (Å²) in [6.07, 6.45) is 3.02. The van der Waals surface area contributed by atoms with E-state index in [0.29, 0.717) is 10.8 Å². The van der Waals surface area contributed by atoms with Crippen LogP contribution in [-0.4, -0.2) is 0 Å². The second kappa shape index (κ2) is 2.23. The Hall–Kier alpha value is 0. The molecule has 3 rings (SSSR count). The van der Waals surface area contributed by atoms with E-state index in [1.165, 1.54) is 12.8 Å². The Morgan fingerprint density at radius 3 is 2.21 bits per heavy atom. The SMILES string of the molecule is CC1CC2C(C)C3(C)CC1(C)C(C)C23. The molecular weight excluding hydrogens is 168 g/mol. The van der Waals surface area contributed by atoms with Crippen LogP contribution in [0.5, 0.6) is 0 Å². The maximum Gasteiger partial charge on any atom is -0.0258 e. The third-order valence-corrected chi connectivity index (χ3v) is 7.00. The van der Waals surface area contributed by atoms with Crippen molar-refractivity contribution >= 4 is 0 Å². The van der Waals surface area contributed by atoms with E-state index < -0.39 is 0 Å². The molecule has 0 aromatic carbocycles. The Labute approximate surface area is 88.5 Å². The van der Waals surface area contributed by atoms with E-state index in [-0.39, 0.29) is 0 Å². The van der Waals surface area contributed by atoms with Crippen molar-refractivity contribution in [3.63, 3.8) is 0 Å². The van der Waals surface area contributed by atoms with Gasteiger partial charge in [0.2, 0.25) is 0 Å². The molecule has 3 fully saturated rings. The molecule has 7 unspecified atom stereocenters. The predicted octanol–water partition coefficient (Wildman–Crippen LogP) is 3.96. The van der Waals surface area contributed by atoms with Gasteiger partial charge in [0.25, 0.3) is 0 Å². The summed E-state index contributed by atoms with van der Waals surface area (Å²) in [7, 11) is 0. The van der Waals surface area contributed by atoms with E-state index in [4.69, 9.17) is 0 Å². The Morgan fingerprint density at radius 1 is 0.929 bits per heavy atom. The van der Waals surface area contributed by atoms with E-state index >= 15 is 0 Å². The summed E-state index contributed by atoms with van der Waals surface area (Å²) >= 11 is 0. The Kier molecular flexibility index (Phi) is 1.47. The topological polar surface area (TPSA) is 0 Å². The maximum absolute atomic E-state index is 2.57. The zero-order valence-electron chi connectivity index (χ0n) is 10.3. The van der Waals surface area contributed by atoms with Gasteiger partial charge >= 0.3 is 0 Å². The number of hydrogen-bond acceptors (Lipinski definition) is 0. The summed E-state index contributed by atoms with van der Waals surface area (Å²) in [5.41, 5.74) is 1.38. The van der Waals surface area contributed by atoms with E-state index in [1.54, 1.807) is 0 Å². The van der Waals surface area contributed by atoms with Gasteiger partial charge in [-0.2, -0.15) is 0 Å². The zero-order chi connectivity index (χ0) is 10.3. The quantitative estimate of drug-likeness (QED) is 0.545. The van der Waals surface area contributed by atoms with Crippen molar-refractivity contribution in [3.05, 3.63) is 0 Å². The molecule has 0 aromatic rings. The monoisotopic (exact) mass is 192 g/mol. The third kappa shape index (κ3) is 0.686. The zero-order valence-corrected chi connectivity index (χ0v) is 10.3. The van der Waals surface area contributed by atoms with Crippen LogP contribution in [0.15, 0.2) is 0 Å². The van der Waals surface area contributed by atoms with Crippen LogP contribution in [0.3, 0.4) is 0 Å². The predicted molar refractivity (Wildman–Crippen MR) is 59.9 cm³/mol. The van der Waals surface area contributed by atoms with E-state index in [2.05, 4.69) is 34.6 Å². The molecule has 7 atom stereocenters. The van der Waals surface area contributed by atoms with Gasteiger partial charge in [0.1, 0.15) is 0 Å². The van der Waals surface area contributed by atoms with Gasteiger partial charge in [-0.1, -0.05) is 34.6 Å². The Bertz CT molecular complexity index is 282.